The molecule has 1 atom stereocenters. The lowest BCUT2D eigenvalue weighted by atomic mass is 10.0. The fourth-order valence-electron chi connectivity index (χ4n) is 2.11. The molecule has 0 unspecified atom stereocenters. The minimum absolute atomic E-state index is 0.0498. The summed E-state index contributed by atoms with van der Waals surface area (Å²) in [4.78, 5) is 47.3. The van der Waals surface area contributed by atoms with Gasteiger partial charge in [-0.15, -0.1) is 0 Å². The third-order valence-electron chi connectivity index (χ3n) is 3.15. The van der Waals surface area contributed by atoms with E-state index in [1.165, 1.54) is 18.2 Å². The molecule has 0 spiro atoms. The van der Waals surface area contributed by atoms with Gasteiger partial charge < -0.3 is 14.8 Å². The number of rotatable bonds is 6. The largest absolute Gasteiger partial charge is 0.458 e. The number of nitrogens with one attached hydrogen (secondary N) is 1. The molecule has 9 heteroatoms. The Bertz CT molecular complexity index is 760. The van der Waals surface area contributed by atoms with E-state index in [0.717, 1.165) is 6.07 Å². The summed E-state index contributed by atoms with van der Waals surface area (Å²) in [5.74, 6) is -1.37. The molecule has 1 amide bonds. The number of alkyl carbamates (subject to hydrolysis) is 1. The molecule has 0 aliphatic heterocycles. The molecule has 9 nitrogen and oxygen atoms in total. The number of Topliss-reactive ketones (excluding diaryl/α,β-unsaturated/α-hetero) is 1. The second-order valence-electron chi connectivity index (χ2n) is 8.17. The van der Waals surface area contributed by atoms with Crippen molar-refractivity contribution in [3.63, 3.8) is 0 Å². The molecule has 0 heterocycles. The first-order valence-corrected chi connectivity index (χ1v) is 8.68. The second-order valence-corrected chi connectivity index (χ2v) is 8.17. The van der Waals surface area contributed by atoms with E-state index in [-0.39, 0.29) is 11.3 Å². The van der Waals surface area contributed by atoms with Crippen LogP contribution in [0.25, 0.3) is 0 Å². The lowest BCUT2D eigenvalue weighted by molar-refractivity contribution is -0.384. The molecule has 0 radical (unpaired) electrons. The zero-order valence-electron chi connectivity index (χ0n) is 16.9. The number of nitrogens with zero attached hydrogens (tertiary/aromatic N) is 1. The van der Waals surface area contributed by atoms with Crippen LogP contribution in [0.3, 0.4) is 0 Å². The Labute approximate surface area is 163 Å². The lowest BCUT2D eigenvalue weighted by Gasteiger charge is -2.26. The predicted octanol–water partition coefficient (Wildman–Crippen LogP) is 3.40. The molecule has 154 valence electrons. The van der Waals surface area contributed by atoms with Gasteiger partial charge in [0.2, 0.25) is 0 Å². The summed E-state index contributed by atoms with van der Waals surface area (Å²) in [7, 11) is 0. The van der Waals surface area contributed by atoms with Crippen molar-refractivity contribution >= 4 is 23.5 Å². The summed E-state index contributed by atoms with van der Waals surface area (Å²) >= 11 is 0. The van der Waals surface area contributed by atoms with Crippen molar-refractivity contribution in [2.75, 3.05) is 0 Å². The van der Waals surface area contributed by atoms with Crippen molar-refractivity contribution in [1.29, 1.82) is 0 Å². The van der Waals surface area contributed by atoms with Gasteiger partial charge in [-0.3, -0.25) is 14.9 Å². The number of ether oxygens (including phenoxy) is 2. The van der Waals surface area contributed by atoms with Crippen LogP contribution in [0.5, 0.6) is 0 Å². The molecule has 0 saturated carbocycles. The van der Waals surface area contributed by atoms with E-state index in [2.05, 4.69) is 5.32 Å². The van der Waals surface area contributed by atoms with Crippen LogP contribution in [0.4, 0.5) is 10.5 Å². The highest BCUT2D eigenvalue weighted by molar-refractivity contribution is 6.00. The topological polar surface area (TPSA) is 125 Å². The van der Waals surface area contributed by atoms with Gasteiger partial charge in [-0.05, 0) is 41.5 Å². The monoisotopic (exact) mass is 394 g/mol. The van der Waals surface area contributed by atoms with Gasteiger partial charge in [-0.1, -0.05) is 12.1 Å². The number of carbonyl (C=O) groups excluding carboxylic acids is 3. The van der Waals surface area contributed by atoms with Gasteiger partial charge >= 0.3 is 12.1 Å². The van der Waals surface area contributed by atoms with E-state index >= 15 is 0 Å². The number of non-ortho nitro benzene ring substituents is 1. The van der Waals surface area contributed by atoms with Crippen LogP contribution in [0.1, 0.15) is 58.3 Å². The van der Waals surface area contributed by atoms with Crippen molar-refractivity contribution < 1.29 is 28.8 Å². The number of nitro benzene ring substituents is 1. The Morgan fingerprint density at radius 1 is 1.07 bits per heavy atom. The van der Waals surface area contributed by atoms with Gasteiger partial charge in [0.25, 0.3) is 5.69 Å². The summed E-state index contributed by atoms with van der Waals surface area (Å²) in [6.45, 7) is 9.92. The van der Waals surface area contributed by atoms with Gasteiger partial charge in [0.15, 0.2) is 5.78 Å². The second kappa shape index (κ2) is 8.81. The average Bonchev–Trinajstić information content (AvgIpc) is 2.50. The summed E-state index contributed by atoms with van der Waals surface area (Å²) < 4.78 is 10.4. The molecule has 1 N–H and O–H groups in total. The standard InChI is InChI=1S/C19H26N2O7/c1-18(2,3)27-16(23)14(20-17(24)28-19(4,5)6)11-15(22)12-8-7-9-13(10-12)21(25)26/h7-10,14H,11H2,1-6H3,(H,20,24)/t14-/m0/s1. The van der Waals surface area contributed by atoms with E-state index in [4.69, 9.17) is 9.47 Å². The third kappa shape index (κ3) is 8.15. The molecule has 0 bridgehead atoms. The van der Waals surface area contributed by atoms with Gasteiger partial charge in [0.05, 0.1) is 4.92 Å². The van der Waals surface area contributed by atoms with Gasteiger partial charge in [-0.25, -0.2) is 9.59 Å². The van der Waals surface area contributed by atoms with Gasteiger partial charge in [0.1, 0.15) is 17.2 Å². The van der Waals surface area contributed by atoms with Crippen LogP contribution in [-0.4, -0.2) is 40.0 Å². The Morgan fingerprint density at radius 2 is 1.64 bits per heavy atom. The third-order valence-corrected chi connectivity index (χ3v) is 3.15. The van der Waals surface area contributed by atoms with Crippen LogP contribution in [0.2, 0.25) is 0 Å². The maximum absolute atomic E-state index is 12.5. The van der Waals surface area contributed by atoms with Crippen molar-refractivity contribution in [1.82, 2.24) is 5.32 Å². The lowest BCUT2D eigenvalue weighted by Crippen LogP contribution is -2.47. The zero-order chi connectivity index (χ0) is 21.7. The molecule has 28 heavy (non-hydrogen) atoms. The highest BCUT2D eigenvalue weighted by Crippen LogP contribution is 2.17. The maximum atomic E-state index is 12.5. The van der Waals surface area contributed by atoms with Crippen LogP contribution in [0, 0.1) is 10.1 Å². The Kier molecular flexibility index (Phi) is 7.26. The summed E-state index contributed by atoms with van der Waals surface area (Å²) in [5, 5.41) is 13.2. The summed E-state index contributed by atoms with van der Waals surface area (Å²) in [5.41, 5.74) is -1.83. The molecule has 1 aromatic rings. The Balaban J connectivity index is 3.02. The van der Waals surface area contributed by atoms with Crippen molar-refractivity contribution in [3.05, 3.63) is 39.9 Å². The fraction of sp³-hybridized carbons (Fsp3) is 0.526. The molecule has 1 aromatic carbocycles. The molecule has 0 saturated heterocycles. The van der Waals surface area contributed by atoms with Gasteiger partial charge in [-0.2, -0.15) is 0 Å². The molecule has 0 aliphatic carbocycles. The number of benzene rings is 1. The molecule has 1 rings (SSSR count). The van der Waals surface area contributed by atoms with Crippen molar-refractivity contribution in [2.24, 2.45) is 0 Å². The fourth-order valence-corrected chi connectivity index (χ4v) is 2.11. The van der Waals surface area contributed by atoms with E-state index in [9.17, 15) is 24.5 Å². The normalized spacial score (nSPS) is 12.6. The first-order valence-electron chi connectivity index (χ1n) is 8.68. The molecular weight excluding hydrogens is 368 g/mol. The van der Waals surface area contributed by atoms with Crippen molar-refractivity contribution in [3.8, 4) is 0 Å². The van der Waals surface area contributed by atoms with E-state index in [0.29, 0.717) is 0 Å². The molecule has 0 fully saturated rings. The number of ketones is 1. The van der Waals surface area contributed by atoms with Crippen molar-refractivity contribution in [2.45, 2.75) is 65.2 Å². The quantitative estimate of drug-likeness (QED) is 0.339. The minimum Gasteiger partial charge on any atom is -0.458 e. The first-order chi connectivity index (χ1) is 12.7. The smallest absolute Gasteiger partial charge is 0.408 e. The van der Waals surface area contributed by atoms with Gasteiger partial charge in [0, 0.05) is 24.1 Å². The molecular formula is C19H26N2O7. The van der Waals surface area contributed by atoms with Crippen LogP contribution >= 0.6 is 0 Å². The SMILES string of the molecule is CC(C)(C)OC(=O)N[C@@H](CC(=O)c1cccc([N+](=O)[O-])c1)C(=O)OC(C)(C)C. The predicted molar refractivity (Wildman–Crippen MR) is 101 cm³/mol. The minimum atomic E-state index is -1.30. The summed E-state index contributed by atoms with van der Waals surface area (Å²) in [6, 6.07) is 3.83. The Hall–Kier alpha value is -2.97. The zero-order valence-corrected chi connectivity index (χ0v) is 16.9. The number of carbonyl (C=O) groups is 3. The number of amides is 1. The highest BCUT2D eigenvalue weighted by Gasteiger charge is 2.31. The van der Waals surface area contributed by atoms with Crippen LogP contribution in [-0.2, 0) is 14.3 Å². The van der Waals surface area contributed by atoms with E-state index < -0.39 is 46.4 Å². The summed E-state index contributed by atoms with van der Waals surface area (Å²) in [6.07, 6.45) is -1.31. The number of esters is 1. The highest BCUT2D eigenvalue weighted by atomic mass is 16.6. The Morgan fingerprint density at radius 3 is 2.14 bits per heavy atom. The number of nitro groups is 1. The van der Waals surface area contributed by atoms with E-state index in [1.54, 1.807) is 41.5 Å². The average molecular weight is 394 g/mol. The maximum Gasteiger partial charge on any atom is 0.408 e. The van der Waals surface area contributed by atoms with Crippen LogP contribution in [0.15, 0.2) is 24.3 Å². The number of hydrogen-bond acceptors (Lipinski definition) is 7. The number of hydrogen-bond donors (Lipinski definition) is 1. The molecule has 0 aliphatic rings. The van der Waals surface area contributed by atoms with E-state index in [1.807, 2.05) is 0 Å². The molecule has 0 aromatic heterocycles. The van der Waals surface area contributed by atoms with Crippen LogP contribution < -0.4 is 5.32 Å². The first kappa shape index (κ1) is 23.1.